The lowest BCUT2D eigenvalue weighted by atomic mass is 10.2. The first kappa shape index (κ1) is 19.8. The van der Waals surface area contributed by atoms with Crippen molar-refractivity contribution in [3.8, 4) is 5.75 Å². The van der Waals surface area contributed by atoms with Gasteiger partial charge in [-0.05, 0) is 42.5 Å². The van der Waals surface area contributed by atoms with Gasteiger partial charge in [0.2, 0.25) is 11.8 Å². The van der Waals surface area contributed by atoms with Gasteiger partial charge in [0.1, 0.15) is 5.75 Å². The van der Waals surface area contributed by atoms with Gasteiger partial charge in [0, 0.05) is 18.3 Å². The molecule has 2 aromatic carbocycles. The predicted octanol–water partition coefficient (Wildman–Crippen LogP) is 3.59. The van der Waals surface area contributed by atoms with Gasteiger partial charge in [-0.25, -0.2) is 0 Å². The van der Waals surface area contributed by atoms with Crippen molar-refractivity contribution in [3.63, 3.8) is 0 Å². The Morgan fingerprint density at radius 2 is 1.59 bits per heavy atom. The summed E-state index contributed by atoms with van der Waals surface area (Å²) in [6, 6.07) is 19.9. The second kappa shape index (κ2) is 9.84. The molecular formula is C21H21N5O3. The fourth-order valence-electron chi connectivity index (χ4n) is 2.48. The molecule has 0 fully saturated rings. The number of benzene rings is 2. The SMILES string of the molecule is CC(=O)Nc1cccc(Nc2ccc(NC(=O)CCOc3ccccc3)nn2)c1. The van der Waals surface area contributed by atoms with E-state index in [4.69, 9.17) is 4.74 Å². The van der Waals surface area contributed by atoms with E-state index < -0.39 is 0 Å². The second-order valence-corrected chi connectivity index (χ2v) is 6.15. The molecule has 0 saturated heterocycles. The van der Waals surface area contributed by atoms with Gasteiger partial charge in [-0.1, -0.05) is 24.3 Å². The molecule has 3 aromatic rings. The number of para-hydroxylation sites is 1. The van der Waals surface area contributed by atoms with Crippen molar-refractivity contribution in [2.75, 3.05) is 22.6 Å². The first-order valence-electron chi connectivity index (χ1n) is 9.04. The number of nitrogens with one attached hydrogen (secondary N) is 3. The van der Waals surface area contributed by atoms with Crippen molar-refractivity contribution in [3.05, 3.63) is 66.7 Å². The maximum absolute atomic E-state index is 12.0. The molecule has 0 spiro atoms. The minimum Gasteiger partial charge on any atom is -0.493 e. The molecule has 1 aromatic heterocycles. The molecule has 0 aliphatic heterocycles. The lowest BCUT2D eigenvalue weighted by molar-refractivity contribution is -0.116. The molecule has 2 amide bonds. The van der Waals surface area contributed by atoms with E-state index in [9.17, 15) is 9.59 Å². The molecule has 0 atom stereocenters. The number of ether oxygens (including phenoxy) is 1. The van der Waals surface area contributed by atoms with Gasteiger partial charge < -0.3 is 20.7 Å². The Morgan fingerprint density at radius 1 is 0.862 bits per heavy atom. The van der Waals surface area contributed by atoms with E-state index >= 15 is 0 Å². The number of anilines is 4. The van der Waals surface area contributed by atoms with E-state index in [0.717, 1.165) is 11.4 Å². The number of nitrogens with zero attached hydrogens (tertiary/aromatic N) is 2. The van der Waals surface area contributed by atoms with Crippen molar-refractivity contribution in [1.82, 2.24) is 10.2 Å². The Hall–Kier alpha value is -3.94. The summed E-state index contributed by atoms with van der Waals surface area (Å²) in [7, 11) is 0. The molecule has 29 heavy (non-hydrogen) atoms. The highest BCUT2D eigenvalue weighted by atomic mass is 16.5. The molecule has 0 radical (unpaired) electrons. The van der Waals surface area contributed by atoms with Crippen LogP contribution in [0.1, 0.15) is 13.3 Å². The molecule has 0 aliphatic rings. The van der Waals surface area contributed by atoms with Crippen LogP contribution in [0.25, 0.3) is 0 Å². The molecule has 3 rings (SSSR count). The first-order valence-corrected chi connectivity index (χ1v) is 9.04. The van der Waals surface area contributed by atoms with E-state index in [0.29, 0.717) is 17.3 Å². The highest BCUT2D eigenvalue weighted by Gasteiger charge is 2.06. The lowest BCUT2D eigenvalue weighted by Gasteiger charge is -2.09. The van der Waals surface area contributed by atoms with E-state index in [1.165, 1.54) is 6.92 Å². The number of hydrogen-bond donors (Lipinski definition) is 3. The molecule has 8 heteroatoms. The summed E-state index contributed by atoms with van der Waals surface area (Å²) < 4.78 is 5.50. The Balaban J connectivity index is 1.48. The summed E-state index contributed by atoms with van der Waals surface area (Å²) in [5.41, 5.74) is 1.43. The van der Waals surface area contributed by atoms with Crippen LogP contribution in [0.5, 0.6) is 5.75 Å². The molecule has 148 valence electrons. The van der Waals surface area contributed by atoms with E-state index in [-0.39, 0.29) is 24.8 Å². The van der Waals surface area contributed by atoms with Crippen LogP contribution in [-0.2, 0) is 9.59 Å². The quantitative estimate of drug-likeness (QED) is 0.542. The van der Waals surface area contributed by atoms with Gasteiger partial charge in [-0.15, -0.1) is 10.2 Å². The zero-order chi connectivity index (χ0) is 20.5. The zero-order valence-corrected chi connectivity index (χ0v) is 15.9. The molecule has 1 heterocycles. The summed E-state index contributed by atoms with van der Waals surface area (Å²) in [5, 5.41) is 16.5. The Labute approximate surface area is 168 Å². The largest absolute Gasteiger partial charge is 0.493 e. The molecule has 0 saturated carbocycles. The van der Waals surface area contributed by atoms with Crippen molar-refractivity contribution < 1.29 is 14.3 Å². The van der Waals surface area contributed by atoms with Gasteiger partial charge in [0.25, 0.3) is 0 Å². The molecule has 0 aliphatic carbocycles. The van der Waals surface area contributed by atoms with Crippen LogP contribution in [0.15, 0.2) is 66.7 Å². The van der Waals surface area contributed by atoms with Crippen LogP contribution in [0, 0.1) is 0 Å². The summed E-state index contributed by atoms with van der Waals surface area (Å²) in [4.78, 5) is 23.1. The number of carbonyl (C=O) groups is 2. The fraction of sp³-hybridized carbons (Fsp3) is 0.143. The average molecular weight is 391 g/mol. The molecule has 3 N–H and O–H groups in total. The van der Waals surface area contributed by atoms with Crippen molar-refractivity contribution >= 4 is 34.8 Å². The Bertz CT molecular complexity index is 962. The topological polar surface area (TPSA) is 105 Å². The summed E-state index contributed by atoms with van der Waals surface area (Å²) in [6.07, 6.45) is 0.201. The van der Waals surface area contributed by atoms with Crippen LogP contribution in [0.2, 0.25) is 0 Å². The summed E-state index contributed by atoms with van der Waals surface area (Å²) in [5.74, 6) is 1.23. The van der Waals surface area contributed by atoms with Gasteiger partial charge in [0.05, 0.1) is 13.0 Å². The van der Waals surface area contributed by atoms with E-state index in [2.05, 4.69) is 26.1 Å². The van der Waals surface area contributed by atoms with Crippen LogP contribution < -0.4 is 20.7 Å². The normalized spacial score (nSPS) is 10.1. The third-order valence-corrected chi connectivity index (χ3v) is 3.73. The van der Waals surface area contributed by atoms with Crippen LogP contribution in [-0.4, -0.2) is 28.6 Å². The van der Waals surface area contributed by atoms with E-state index in [1.807, 2.05) is 42.5 Å². The van der Waals surface area contributed by atoms with Crippen LogP contribution >= 0.6 is 0 Å². The number of amides is 2. The first-order chi connectivity index (χ1) is 14.1. The standard InChI is InChI=1S/C21H21N5O3/c1-15(27)22-16-6-5-7-17(14-16)23-19-10-11-20(26-25-19)24-21(28)12-13-29-18-8-3-2-4-9-18/h2-11,14H,12-13H2,1H3,(H,22,27)(H,23,25)(H,24,26,28). The van der Waals surface area contributed by atoms with Gasteiger partial charge in [-0.2, -0.15) is 0 Å². The molecule has 8 nitrogen and oxygen atoms in total. The predicted molar refractivity (Wildman–Crippen MR) is 111 cm³/mol. The summed E-state index contributed by atoms with van der Waals surface area (Å²) >= 11 is 0. The van der Waals surface area contributed by atoms with Crippen molar-refractivity contribution in [2.45, 2.75) is 13.3 Å². The maximum atomic E-state index is 12.0. The minimum atomic E-state index is -0.209. The van der Waals surface area contributed by atoms with Gasteiger partial charge >= 0.3 is 0 Å². The number of rotatable bonds is 8. The monoisotopic (exact) mass is 391 g/mol. The highest BCUT2D eigenvalue weighted by molar-refractivity contribution is 5.90. The van der Waals surface area contributed by atoms with Crippen LogP contribution in [0.3, 0.4) is 0 Å². The van der Waals surface area contributed by atoms with Crippen LogP contribution in [0.4, 0.5) is 23.0 Å². The fourth-order valence-corrected chi connectivity index (χ4v) is 2.48. The smallest absolute Gasteiger partial charge is 0.229 e. The van der Waals surface area contributed by atoms with E-state index in [1.54, 1.807) is 24.3 Å². The zero-order valence-electron chi connectivity index (χ0n) is 15.9. The van der Waals surface area contributed by atoms with Crippen molar-refractivity contribution in [1.29, 1.82) is 0 Å². The minimum absolute atomic E-state index is 0.142. The number of carbonyl (C=O) groups excluding carboxylic acids is 2. The maximum Gasteiger partial charge on any atom is 0.229 e. The summed E-state index contributed by atoms with van der Waals surface area (Å²) in [6.45, 7) is 1.72. The van der Waals surface area contributed by atoms with Crippen molar-refractivity contribution in [2.24, 2.45) is 0 Å². The third-order valence-electron chi connectivity index (χ3n) is 3.73. The lowest BCUT2D eigenvalue weighted by Crippen LogP contribution is -2.16. The highest BCUT2D eigenvalue weighted by Crippen LogP contribution is 2.19. The molecule has 0 unspecified atom stereocenters. The average Bonchev–Trinajstić information content (AvgIpc) is 2.70. The Morgan fingerprint density at radius 3 is 2.31 bits per heavy atom. The Kier molecular flexibility index (Phi) is 6.72. The number of hydrogen-bond acceptors (Lipinski definition) is 6. The second-order valence-electron chi connectivity index (χ2n) is 6.15. The van der Waals surface area contributed by atoms with Gasteiger partial charge in [0.15, 0.2) is 11.6 Å². The molecular weight excluding hydrogens is 370 g/mol. The third kappa shape index (κ3) is 6.62. The number of aromatic nitrogens is 2. The molecule has 0 bridgehead atoms. The van der Waals surface area contributed by atoms with Gasteiger partial charge in [-0.3, -0.25) is 9.59 Å².